The van der Waals surface area contributed by atoms with E-state index in [1.807, 2.05) is 4.90 Å². The molecule has 0 aromatic carbocycles. The lowest BCUT2D eigenvalue weighted by atomic mass is 9.90. The monoisotopic (exact) mass is 455 g/mol. The van der Waals surface area contributed by atoms with Gasteiger partial charge in [0.2, 0.25) is 17.8 Å². The molecule has 5 rings (SSSR count). The van der Waals surface area contributed by atoms with Crippen LogP contribution in [0.25, 0.3) is 0 Å². The van der Waals surface area contributed by atoms with E-state index >= 15 is 0 Å². The van der Waals surface area contributed by atoms with Crippen LogP contribution in [0.5, 0.6) is 0 Å². The molecule has 9 heteroatoms. The quantitative estimate of drug-likeness (QED) is 0.654. The second kappa shape index (κ2) is 9.57. The number of carbonyl (C=O) groups excluding carboxylic acids is 1. The maximum absolute atomic E-state index is 12.0. The third-order valence-corrected chi connectivity index (χ3v) is 7.27. The number of hydrogen-bond donors (Lipinski definition) is 1. The van der Waals surface area contributed by atoms with Crippen LogP contribution in [0.4, 0.5) is 11.9 Å². The largest absolute Gasteiger partial charge is 0.354 e. The Labute approximate surface area is 193 Å². The van der Waals surface area contributed by atoms with Gasteiger partial charge in [0.05, 0.1) is 23.8 Å². The summed E-state index contributed by atoms with van der Waals surface area (Å²) in [6.07, 6.45) is 13.3. The molecule has 8 nitrogen and oxygen atoms in total. The summed E-state index contributed by atoms with van der Waals surface area (Å²) in [6, 6.07) is 0. The number of anilines is 2. The summed E-state index contributed by atoms with van der Waals surface area (Å²) in [7, 11) is 0. The molecule has 0 radical (unpaired) electrons. The zero-order valence-electron chi connectivity index (χ0n) is 18.3. The van der Waals surface area contributed by atoms with Crippen LogP contribution in [0.15, 0.2) is 24.8 Å². The molecule has 1 saturated carbocycles. The molecule has 1 aliphatic carbocycles. The second-order valence-corrected chi connectivity index (χ2v) is 9.66. The van der Waals surface area contributed by atoms with Crippen LogP contribution in [0.2, 0.25) is 5.02 Å². The molecule has 1 amide bonds. The number of rotatable bonds is 8. The normalized spacial score (nSPS) is 23.0. The number of amides is 1. The number of nitrogens with zero attached hydrogens (tertiary/aromatic N) is 6. The number of halogens is 1. The van der Waals surface area contributed by atoms with Crippen LogP contribution in [0.1, 0.15) is 37.7 Å². The van der Waals surface area contributed by atoms with Gasteiger partial charge >= 0.3 is 0 Å². The first-order valence-electron chi connectivity index (χ1n) is 11.7. The summed E-state index contributed by atoms with van der Waals surface area (Å²) in [6.45, 7) is 4.71. The lowest BCUT2D eigenvalue weighted by Gasteiger charge is -2.32. The molecule has 2 aromatic rings. The van der Waals surface area contributed by atoms with Gasteiger partial charge in [-0.15, -0.1) is 0 Å². The average molecular weight is 456 g/mol. The van der Waals surface area contributed by atoms with Gasteiger partial charge in [0, 0.05) is 45.1 Å². The number of likely N-dealkylation sites (tertiary alicyclic amines) is 1. The highest BCUT2D eigenvalue weighted by molar-refractivity contribution is 6.30. The van der Waals surface area contributed by atoms with Crippen molar-refractivity contribution in [2.75, 3.05) is 42.9 Å². The van der Waals surface area contributed by atoms with Crippen LogP contribution >= 0.6 is 11.6 Å². The van der Waals surface area contributed by atoms with E-state index in [0.29, 0.717) is 17.4 Å². The number of nitrogens with one attached hydrogen (secondary N) is 1. The molecule has 2 saturated heterocycles. The van der Waals surface area contributed by atoms with Gasteiger partial charge in [0.1, 0.15) is 0 Å². The highest BCUT2D eigenvalue weighted by Crippen LogP contribution is 2.49. The summed E-state index contributed by atoms with van der Waals surface area (Å²) in [5, 5.41) is 3.93. The van der Waals surface area contributed by atoms with Crippen molar-refractivity contribution >= 4 is 29.4 Å². The third kappa shape index (κ3) is 5.11. The minimum absolute atomic E-state index is 0.173. The van der Waals surface area contributed by atoms with Gasteiger partial charge < -0.3 is 15.1 Å². The standard InChI is InChI=1S/C23H30ClN7O/c24-19-14-28-23(29-15-19)31-8-3-17(4-9-31)20-11-18(20)2-5-25-22-26-12-16(13-27-22)10-21(32)30-6-1-7-30/h12-15,17-18,20H,1-11H2,(H,25,26,27). The van der Waals surface area contributed by atoms with Crippen LogP contribution in [0, 0.1) is 17.8 Å². The molecule has 2 unspecified atom stereocenters. The topological polar surface area (TPSA) is 87.1 Å². The zero-order chi connectivity index (χ0) is 21.9. The van der Waals surface area contributed by atoms with E-state index in [1.165, 1.54) is 19.3 Å². The van der Waals surface area contributed by atoms with E-state index in [1.54, 1.807) is 24.8 Å². The Morgan fingerprint density at radius 2 is 1.75 bits per heavy atom. The Hall–Kier alpha value is -2.48. The summed E-state index contributed by atoms with van der Waals surface area (Å²) < 4.78 is 0. The predicted octanol–water partition coefficient (Wildman–Crippen LogP) is 3.05. The molecule has 2 aromatic heterocycles. The van der Waals surface area contributed by atoms with Gasteiger partial charge in [-0.2, -0.15) is 0 Å². The van der Waals surface area contributed by atoms with Crippen molar-refractivity contribution in [1.29, 1.82) is 0 Å². The van der Waals surface area contributed by atoms with E-state index in [0.717, 1.165) is 74.8 Å². The van der Waals surface area contributed by atoms with Crippen molar-refractivity contribution in [3.8, 4) is 0 Å². The van der Waals surface area contributed by atoms with Gasteiger partial charge in [0.15, 0.2) is 0 Å². The van der Waals surface area contributed by atoms with E-state index in [2.05, 4.69) is 30.2 Å². The molecule has 4 heterocycles. The Morgan fingerprint density at radius 1 is 1.03 bits per heavy atom. The first-order chi connectivity index (χ1) is 15.7. The fourth-order valence-corrected chi connectivity index (χ4v) is 5.03. The van der Waals surface area contributed by atoms with Crippen LogP contribution < -0.4 is 10.2 Å². The molecule has 0 spiro atoms. The van der Waals surface area contributed by atoms with Crippen LogP contribution in [0.3, 0.4) is 0 Å². The Kier molecular flexibility index (Phi) is 6.39. The fraction of sp³-hybridized carbons (Fsp3) is 0.609. The second-order valence-electron chi connectivity index (χ2n) is 9.23. The maximum Gasteiger partial charge on any atom is 0.227 e. The van der Waals surface area contributed by atoms with Crippen LogP contribution in [-0.2, 0) is 11.2 Å². The number of aromatic nitrogens is 4. The van der Waals surface area contributed by atoms with Gasteiger partial charge in [0.25, 0.3) is 0 Å². The van der Waals surface area contributed by atoms with Crippen LogP contribution in [-0.4, -0.2) is 63.5 Å². The zero-order valence-corrected chi connectivity index (χ0v) is 19.0. The van der Waals surface area contributed by atoms with Crippen molar-refractivity contribution in [3.05, 3.63) is 35.4 Å². The molecule has 1 N–H and O–H groups in total. The Bertz CT molecular complexity index is 911. The molecular formula is C23H30ClN7O. The van der Waals surface area contributed by atoms with Gasteiger partial charge in [-0.1, -0.05) is 11.6 Å². The molecule has 3 fully saturated rings. The molecule has 2 atom stereocenters. The third-order valence-electron chi connectivity index (χ3n) is 7.08. The Morgan fingerprint density at radius 3 is 2.41 bits per heavy atom. The summed E-state index contributed by atoms with van der Waals surface area (Å²) in [4.78, 5) is 33.7. The SMILES string of the molecule is O=C(Cc1cnc(NCCC2CC2C2CCN(c3ncc(Cl)cn3)CC2)nc1)N1CCC1. The highest BCUT2D eigenvalue weighted by Gasteiger charge is 2.43. The van der Waals surface area contributed by atoms with E-state index in [4.69, 9.17) is 11.6 Å². The van der Waals surface area contributed by atoms with Crippen molar-refractivity contribution in [1.82, 2.24) is 24.8 Å². The van der Waals surface area contributed by atoms with E-state index in [-0.39, 0.29) is 5.91 Å². The minimum atomic E-state index is 0.173. The van der Waals surface area contributed by atoms with Gasteiger partial charge in [-0.05, 0) is 55.4 Å². The molecule has 170 valence electrons. The van der Waals surface area contributed by atoms with E-state index < -0.39 is 0 Å². The lowest BCUT2D eigenvalue weighted by molar-refractivity contribution is -0.133. The first-order valence-corrected chi connectivity index (χ1v) is 12.1. The van der Waals surface area contributed by atoms with Crippen molar-refractivity contribution in [2.45, 2.75) is 38.5 Å². The Balaban J connectivity index is 0.997. The molecule has 0 bridgehead atoms. The van der Waals surface area contributed by atoms with Crippen molar-refractivity contribution < 1.29 is 4.79 Å². The molecule has 32 heavy (non-hydrogen) atoms. The van der Waals surface area contributed by atoms with Gasteiger partial charge in [-0.25, -0.2) is 19.9 Å². The van der Waals surface area contributed by atoms with Crippen molar-refractivity contribution in [3.63, 3.8) is 0 Å². The summed E-state index contributed by atoms with van der Waals surface area (Å²) in [5.41, 5.74) is 0.880. The average Bonchev–Trinajstić information content (AvgIpc) is 3.54. The van der Waals surface area contributed by atoms with Crippen molar-refractivity contribution in [2.24, 2.45) is 17.8 Å². The number of hydrogen-bond acceptors (Lipinski definition) is 7. The number of carbonyl (C=O) groups is 1. The highest BCUT2D eigenvalue weighted by atomic mass is 35.5. The predicted molar refractivity (Wildman–Crippen MR) is 124 cm³/mol. The smallest absolute Gasteiger partial charge is 0.227 e. The maximum atomic E-state index is 12.0. The summed E-state index contributed by atoms with van der Waals surface area (Å²) >= 11 is 5.89. The lowest BCUT2D eigenvalue weighted by Crippen LogP contribution is -2.42. The fourth-order valence-electron chi connectivity index (χ4n) is 4.94. The summed E-state index contributed by atoms with van der Waals surface area (Å²) in [5.74, 6) is 4.08. The minimum Gasteiger partial charge on any atom is -0.354 e. The first kappa shape index (κ1) is 21.4. The van der Waals surface area contributed by atoms with E-state index in [9.17, 15) is 4.79 Å². The molecular weight excluding hydrogens is 426 g/mol. The number of piperidine rings is 1. The molecule has 3 aliphatic rings. The van der Waals surface area contributed by atoms with Gasteiger partial charge in [-0.3, -0.25) is 4.79 Å². The molecule has 2 aliphatic heterocycles.